The largest absolute Gasteiger partial charge is 0.322 e. The van der Waals surface area contributed by atoms with Crippen molar-refractivity contribution in [2.75, 3.05) is 5.32 Å². The summed E-state index contributed by atoms with van der Waals surface area (Å²) in [5.74, 6) is -1.82. The van der Waals surface area contributed by atoms with Gasteiger partial charge in [-0.3, -0.25) is 9.59 Å². The van der Waals surface area contributed by atoms with E-state index in [2.05, 4.69) is 5.32 Å². The van der Waals surface area contributed by atoms with Crippen LogP contribution in [0.3, 0.4) is 0 Å². The fourth-order valence-corrected chi connectivity index (χ4v) is 1.53. The van der Waals surface area contributed by atoms with Crippen molar-refractivity contribution >= 4 is 11.6 Å². The molecule has 4 nitrogen and oxygen atoms in total. The first-order chi connectivity index (χ1) is 9.06. The number of hydrogen-bond donors (Lipinski definition) is 1. The molecular formula is C13H10F2N2O2. The van der Waals surface area contributed by atoms with Gasteiger partial charge in [-0.05, 0) is 18.2 Å². The van der Waals surface area contributed by atoms with Crippen LogP contribution in [0.25, 0.3) is 0 Å². The molecule has 0 bridgehead atoms. The molecule has 0 aliphatic rings. The standard InChI is InChI=1S/C13H10F2N2O2/c14-9-5-6-13(19)17(7-9)8-12(18)16-11-4-2-1-3-10(11)15/h1-7H,8H2,(H,16,18). The molecule has 0 fully saturated rings. The number of benzene rings is 1. The van der Waals surface area contributed by atoms with E-state index in [-0.39, 0.29) is 12.2 Å². The summed E-state index contributed by atoms with van der Waals surface area (Å²) >= 11 is 0. The lowest BCUT2D eigenvalue weighted by molar-refractivity contribution is -0.116. The van der Waals surface area contributed by atoms with Crippen molar-refractivity contribution in [3.05, 3.63) is 64.6 Å². The highest BCUT2D eigenvalue weighted by molar-refractivity contribution is 5.90. The quantitative estimate of drug-likeness (QED) is 0.918. The second-order valence-electron chi connectivity index (χ2n) is 3.84. The smallest absolute Gasteiger partial charge is 0.251 e. The van der Waals surface area contributed by atoms with Crippen molar-refractivity contribution in [2.45, 2.75) is 6.54 Å². The monoisotopic (exact) mass is 264 g/mol. The van der Waals surface area contributed by atoms with Gasteiger partial charge in [-0.2, -0.15) is 0 Å². The maximum absolute atomic E-state index is 13.3. The van der Waals surface area contributed by atoms with E-state index in [1.54, 1.807) is 6.07 Å². The molecule has 0 saturated carbocycles. The Labute approximate surface area is 107 Å². The highest BCUT2D eigenvalue weighted by Crippen LogP contribution is 2.12. The van der Waals surface area contributed by atoms with Gasteiger partial charge in [0.15, 0.2) is 0 Å². The van der Waals surface area contributed by atoms with Crippen LogP contribution in [0.4, 0.5) is 14.5 Å². The zero-order valence-corrected chi connectivity index (χ0v) is 9.77. The van der Waals surface area contributed by atoms with Crippen LogP contribution in [-0.4, -0.2) is 10.5 Å². The summed E-state index contributed by atoms with van der Waals surface area (Å²) < 4.78 is 27.1. The number of aromatic nitrogens is 1. The summed E-state index contributed by atoms with van der Waals surface area (Å²) in [5, 5.41) is 2.31. The molecule has 1 aromatic heterocycles. The van der Waals surface area contributed by atoms with Crippen LogP contribution < -0.4 is 10.9 Å². The van der Waals surface area contributed by atoms with E-state index in [4.69, 9.17) is 0 Å². The molecule has 0 atom stereocenters. The molecule has 1 N–H and O–H groups in total. The molecule has 0 radical (unpaired) electrons. The van der Waals surface area contributed by atoms with Crippen molar-refractivity contribution in [1.82, 2.24) is 4.57 Å². The summed E-state index contributed by atoms with van der Waals surface area (Å²) in [5.41, 5.74) is -0.498. The molecule has 6 heteroatoms. The van der Waals surface area contributed by atoms with Gasteiger partial charge in [0.25, 0.3) is 5.56 Å². The fraction of sp³-hybridized carbons (Fsp3) is 0.0769. The topological polar surface area (TPSA) is 51.1 Å². The van der Waals surface area contributed by atoms with Crippen molar-refractivity contribution < 1.29 is 13.6 Å². The van der Waals surface area contributed by atoms with Crippen molar-refractivity contribution in [3.8, 4) is 0 Å². The molecule has 0 spiro atoms. The molecule has 1 heterocycles. The van der Waals surface area contributed by atoms with Gasteiger partial charge in [0, 0.05) is 12.3 Å². The Morgan fingerprint density at radius 1 is 1.16 bits per heavy atom. The summed E-state index contributed by atoms with van der Waals surface area (Å²) in [7, 11) is 0. The van der Waals surface area contributed by atoms with Gasteiger partial charge in [0.1, 0.15) is 18.2 Å². The van der Waals surface area contributed by atoms with Crippen LogP contribution in [0.2, 0.25) is 0 Å². The zero-order valence-electron chi connectivity index (χ0n) is 9.77. The molecule has 0 saturated heterocycles. The first-order valence-electron chi connectivity index (χ1n) is 5.46. The number of amides is 1. The predicted molar refractivity (Wildman–Crippen MR) is 65.7 cm³/mol. The highest BCUT2D eigenvalue weighted by Gasteiger charge is 2.08. The minimum atomic E-state index is -0.627. The third-order valence-electron chi connectivity index (χ3n) is 2.41. The molecule has 0 unspecified atom stereocenters. The lowest BCUT2D eigenvalue weighted by Gasteiger charge is -2.07. The minimum Gasteiger partial charge on any atom is -0.322 e. The Hall–Kier alpha value is -2.50. The molecule has 0 aliphatic heterocycles. The third kappa shape index (κ3) is 3.25. The predicted octanol–water partition coefficient (Wildman–Crippen LogP) is 1.77. The van der Waals surface area contributed by atoms with Gasteiger partial charge in [0.05, 0.1) is 5.69 Å². The van der Waals surface area contributed by atoms with Gasteiger partial charge < -0.3 is 9.88 Å². The second-order valence-corrected chi connectivity index (χ2v) is 3.84. The number of rotatable bonds is 3. The van der Waals surface area contributed by atoms with Gasteiger partial charge in [-0.15, -0.1) is 0 Å². The number of pyridine rings is 1. The summed E-state index contributed by atoms with van der Waals surface area (Å²) in [6, 6.07) is 7.67. The van der Waals surface area contributed by atoms with Crippen molar-refractivity contribution in [2.24, 2.45) is 0 Å². The summed E-state index contributed by atoms with van der Waals surface area (Å²) in [6.07, 6.45) is 0.920. The van der Waals surface area contributed by atoms with Gasteiger partial charge in [-0.1, -0.05) is 12.1 Å². The van der Waals surface area contributed by atoms with Gasteiger partial charge in [-0.25, -0.2) is 8.78 Å². The molecule has 98 valence electrons. The van der Waals surface area contributed by atoms with E-state index in [0.717, 1.165) is 22.9 Å². The number of halogens is 2. The first kappa shape index (κ1) is 12.9. The Morgan fingerprint density at radius 3 is 2.63 bits per heavy atom. The molecular weight excluding hydrogens is 254 g/mol. The normalized spacial score (nSPS) is 10.2. The zero-order chi connectivity index (χ0) is 13.8. The van der Waals surface area contributed by atoms with E-state index in [0.29, 0.717) is 0 Å². The van der Waals surface area contributed by atoms with E-state index >= 15 is 0 Å². The molecule has 0 aliphatic carbocycles. The first-order valence-corrected chi connectivity index (χ1v) is 5.46. The van der Waals surface area contributed by atoms with Crippen molar-refractivity contribution in [1.29, 1.82) is 0 Å². The number of anilines is 1. The SMILES string of the molecule is O=C(Cn1cc(F)ccc1=O)Nc1ccccc1F. The number of nitrogens with zero attached hydrogens (tertiary/aromatic N) is 1. The molecule has 2 aromatic rings. The number of para-hydroxylation sites is 1. The van der Waals surface area contributed by atoms with Crippen LogP contribution in [-0.2, 0) is 11.3 Å². The van der Waals surface area contributed by atoms with Crippen LogP contribution in [0.15, 0.2) is 47.4 Å². The Balaban J connectivity index is 2.12. The average molecular weight is 264 g/mol. The van der Waals surface area contributed by atoms with Gasteiger partial charge >= 0.3 is 0 Å². The second kappa shape index (κ2) is 5.43. The Morgan fingerprint density at radius 2 is 1.89 bits per heavy atom. The molecule has 2 rings (SSSR count). The van der Waals surface area contributed by atoms with Crippen LogP contribution in [0.5, 0.6) is 0 Å². The molecule has 1 aromatic carbocycles. The fourth-order valence-electron chi connectivity index (χ4n) is 1.53. The van der Waals surface area contributed by atoms with Crippen molar-refractivity contribution in [3.63, 3.8) is 0 Å². The number of hydrogen-bond acceptors (Lipinski definition) is 2. The highest BCUT2D eigenvalue weighted by atomic mass is 19.1. The number of carbonyl (C=O) groups excluding carboxylic acids is 1. The van der Waals surface area contributed by atoms with Gasteiger partial charge in [0.2, 0.25) is 5.91 Å². The maximum Gasteiger partial charge on any atom is 0.251 e. The average Bonchev–Trinajstić information content (AvgIpc) is 2.37. The lowest BCUT2D eigenvalue weighted by atomic mass is 10.3. The van der Waals surface area contributed by atoms with Crippen LogP contribution in [0, 0.1) is 11.6 Å². The number of nitrogens with one attached hydrogen (secondary N) is 1. The third-order valence-corrected chi connectivity index (χ3v) is 2.41. The lowest BCUT2D eigenvalue weighted by Crippen LogP contribution is -2.27. The van der Waals surface area contributed by atoms with E-state index in [1.807, 2.05) is 0 Å². The summed E-state index contributed by atoms with van der Waals surface area (Å²) in [4.78, 5) is 23.0. The van der Waals surface area contributed by atoms with Crippen LogP contribution in [0.1, 0.15) is 0 Å². The van der Waals surface area contributed by atoms with E-state index in [1.165, 1.54) is 18.2 Å². The molecule has 19 heavy (non-hydrogen) atoms. The minimum absolute atomic E-state index is 0.0111. The Bertz CT molecular complexity index is 668. The maximum atomic E-state index is 13.3. The Kier molecular flexibility index (Phi) is 3.70. The van der Waals surface area contributed by atoms with Crippen LogP contribution >= 0.6 is 0 Å². The van der Waals surface area contributed by atoms with E-state index in [9.17, 15) is 18.4 Å². The summed E-state index contributed by atoms with van der Waals surface area (Å²) in [6.45, 7) is -0.384. The van der Waals surface area contributed by atoms with E-state index < -0.39 is 23.1 Å². The number of carbonyl (C=O) groups is 1. The molecule has 1 amide bonds.